The Hall–Kier alpha value is -3.63. The van der Waals surface area contributed by atoms with E-state index in [1.54, 1.807) is 59.3 Å². The number of amides is 1. The summed E-state index contributed by atoms with van der Waals surface area (Å²) in [4.78, 5) is 16.8. The number of hydrogen-bond donors (Lipinski definition) is 2. The third-order valence-electron chi connectivity index (χ3n) is 4.99. The van der Waals surface area contributed by atoms with Gasteiger partial charge in [0.25, 0.3) is 0 Å². The minimum Gasteiger partial charge on any atom is -0.374 e. The number of benzene rings is 2. The number of nitrogens with zero attached hydrogens (tertiary/aromatic N) is 3. The summed E-state index contributed by atoms with van der Waals surface area (Å²) in [7, 11) is 0. The molecule has 1 amide bonds. The van der Waals surface area contributed by atoms with Gasteiger partial charge in [-0.3, -0.25) is 14.8 Å². The standard InChI is InChI=1S/C23H17ClF3N5OS/c24-18-11-15(23(25,26)27)12-29-21(18)31-13-14(17-8-4-5-9-19(17)31)10-20(33)30-32(22(28)34)16-6-2-1-3-7-16/h1-9,11-13H,10H2,(H2,28,34)(H,30,33). The first-order chi connectivity index (χ1) is 16.1. The van der Waals surface area contributed by atoms with Gasteiger partial charge in [-0.2, -0.15) is 13.2 Å². The van der Waals surface area contributed by atoms with Crippen LogP contribution in [0.1, 0.15) is 11.1 Å². The lowest BCUT2D eigenvalue weighted by Gasteiger charge is -2.23. The van der Waals surface area contributed by atoms with Gasteiger partial charge in [0.2, 0.25) is 5.91 Å². The van der Waals surface area contributed by atoms with Crippen molar-refractivity contribution in [2.45, 2.75) is 12.6 Å². The van der Waals surface area contributed by atoms with Gasteiger partial charge in [0.1, 0.15) is 0 Å². The number of para-hydroxylation sites is 2. The lowest BCUT2D eigenvalue weighted by atomic mass is 10.1. The monoisotopic (exact) mass is 503 g/mol. The molecule has 11 heteroatoms. The van der Waals surface area contributed by atoms with Crippen molar-refractivity contribution in [2.24, 2.45) is 5.73 Å². The van der Waals surface area contributed by atoms with Gasteiger partial charge in [0.15, 0.2) is 10.9 Å². The van der Waals surface area contributed by atoms with Gasteiger partial charge < -0.3 is 5.73 Å². The van der Waals surface area contributed by atoms with E-state index in [0.717, 1.165) is 17.6 Å². The number of pyridine rings is 1. The number of halogens is 4. The number of hydrogen-bond acceptors (Lipinski definition) is 3. The largest absolute Gasteiger partial charge is 0.417 e. The first kappa shape index (κ1) is 23.5. The molecule has 34 heavy (non-hydrogen) atoms. The highest BCUT2D eigenvalue weighted by molar-refractivity contribution is 7.80. The molecule has 4 rings (SSSR count). The molecule has 2 aromatic carbocycles. The van der Waals surface area contributed by atoms with Crippen molar-refractivity contribution in [1.29, 1.82) is 0 Å². The summed E-state index contributed by atoms with van der Waals surface area (Å²) < 4.78 is 40.6. The Kier molecular flexibility index (Phi) is 6.45. The summed E-state index contributed by atoms with van der Waals surface area (Å²) in [5.74, 6) is -0.280. The van der Waals surface area contributed by atoms with E-state index in [1.807, 2.05) is 6.07 Å². The maximum atomic E-state index is 13.0. The first-order valence-electron chi connectivity index (χ1n) is 9.91. The van der Waals surface area contributed by atoms with Crippen LogP contribution in [0.2, 0.25) is 5.02 Å². The maximum absolute atomic E-state index is 13.0. The van der Waals surface area contributed by atoms with Gasteiger partial charge in [-0.25, -0.2) is 9.99 Å². The van der Waals surface area contributed by atoms with Gasteiger partial charge in [-0.1, -0.05) is 48.0 Å². The maximum Gasteiger partial charge on any atom is 0.417 e. The molecule has 0 bridgehead atoms. The molecule has 0 saturated heterocycles. The summed E-state index contributed by atoms with van der Waals surface area (Å²) in [6.07, 6.45) is -2.27. The number of anilines is 1. The number of nitrogens with one attached hydrogen (secondary N) is 1. The molecule has 0 spiro atoms. The van der Waals surface area contributed by atoms with Gasteiger partial charge in [0, 0.05) is 17.8 Å². The molecule has 0 fully saturated rings. The molecule has 0 saturated carbocycles. The van der Waals surface area contributed by atoms with E-state index in [1.165, 1.54) is 5.01 Å². The van der Waals surface area contributed by atoms with Crippen LogP contribution in [0, 0.1) is 0 Å². The zero-order valence-corrected chi connectivity index (χ0v) is 19.0. The van der Waals surface area contributed by atoms with Crippen LogP contribution < -0.4 is 16.2 Å². The molecule has 2 heterocycles. The molecule has 174 valence electrons. The fraction of sp³-hybridized carbons (Fsp3) is 0.0870. The number of nitrogens with two attached hydrogens (primary N) is 1. The van der Waals surface area contributed by atoms with Gasteiger partial charge in [-0.05, 0) is 42.0 Å². The first-order valence-corrected chi connectivity index (χ1v) is 10.7. The van der Waals surface area contributed by atoms with Crippen LogP contribution >= 0.6 is 23.8 Å². The van der Waals surface area contributed by atoms with E-state index in [2.05, 4.69) is 10.4 Å². The number of rotatable bonds is 4. The average Bonchev–Trinajstić information content (AvgIpc) is 3.15. The molecule has 2 aromatic heterocycles. The van der Waals surface area contributed by atoms with E-state index in [-0.39, 0.29) is 22.4 Å². The minimum atomic E-state index is -4.56. The topological polar surface area (TPSA) is 76.2 Å². The Bertz CT molecular complexity index is 1370. The van der Waals surface area contributed by atoms with Crippen LogP contribution in [0.4, 0.5) is 18.9 Å². The number of alkyl halides is 3. The van der Waals surface area contributed by atoms with Gasteiger partial charge >= 0.3 is 6.18 Å². The number of thiocarbonyl (C=S) groups is 1. The number of hydrazine groups is 1. The summed E-state index contributed by atoms with van der Waals surface area (Å²) >= 11 is 11.2. The lowest BCUT2D eigenvalue weighted by Crippen LogP contribution is -2.49. The molecule has 4 aromatic rings. The van der Waals surface area contributed by atoms with Crippen molar-refractivity contribution < 1.29 is 18.0 Å². The molecule has 6 nitrogen and oxygen atoms in total. The fourth-order valence-electron chi connectivity index (χ4n) is 3.49. The summed E-state index contributed by atoms with van der Waals surface area (Å²) in [5.41, 5.74) is 9.35. The molecular formula is C23H17ClF3N5OS. The van der Waals surface area contributed by atoms with E-state index in [9.17, 15) is 18.0 Å². The molecule has 0 aliphatic heterocycles. The second kappa shape index (κ2) is 9.32. The van der Waals surface area contributed by atoms with E-state index in [4.69, 9.17) is 29.6 Å². The van der Waals surface area contributed by atoms with Crippen LogP contribution in [0.5, 0.6) is 0 Å². The number of fused-ring (bicyclic) bond motifs is 1. The highest BCUT2D eigenvalue weighted by Crippen LogP contribution is 2.33. The van der Waals surface area contributed by atoms with Crippen LogP contribution in [0.3, 0.4) is 0 Å². The van der Waals surface area contributed by atoms with E-state index >= 15 is 0 Å². The van der Waals surface area contributed by atoms with E-state index in [0.29, 0.717) is 16.8 Å². The normalized spacial score (nSPS) is 11.4. The van der Waals surface area contributed by atoms with Crippen LogP contribution in [0.25, 0.3) is 16.7 Å². The summed E-state index contributed by atoms with van der Waals surface area (Å²) in [5, 5.41) is 1.81. The minimum absolute atomic E-state index is 0.0392. The molecule has 0 unspecified atom stereocenters. The fourth-order valence-corrected chi connectivity index (χ4v) is 3.90. The Morgan fingerprint density at radius 2 is 1.82 bits per heavy atom. The van der Waals surface area contributed by atoms with Crippen LogP contribution in [0.15, 0.2) is 73.1 Å². The number of carbonyl (C=O) groups excluding carboxylic acids is 1. The Labute approximate surface area is 202 Å². The highest BCUT2D eigenvalue weighted by atomic mass is 35.5. The van der Waals surface area contributed by atoms with Crippen molar-refractivity contribution in [1.82, 2.24) is 15.0 Å². The summed E-state index contributed by atoms with van der Waals surface area (Å²) in [6.45, 7) is 0. The third-order valence-corrected chi connectivity index (χ3v) is 5.45. The van der Waals surface area contributed by atoms with Crippen LogP contribution in [-0.4, -0.2) is 20.6 Å². The van der Waals surface area contributed by atoms with Crippen molar-refractivity contribution in [3.8, 4) is 5.82 Å². The zero-order chi connectivity index (χ0) is 24.5. The van der Waals surface area contributed by atoms with Crippen molar-refractivity contribution >= 4 is 51.4 Å². The smallest absolute Gasteiger partial charge is 0.374 e. The molecule has 0 atom stereocenters. The predicted octanol–water partition coefficient (Wildman–Crippen LogP) is 5.02. The molecule has 0 aliphatic rings. The Morgan fingerprint density at radius 1 is 1.15 bits per heavy atom. The van der Waals surface area contributed by atoms with Crippen molar-refractivity contribution in [3.63, 3.8) is 0 Å². The molecule has 0 radical (unpaired) electrons. The van der Waals surface area contributed by atoms with Crippen molar-refractivity contribution in [3.05, 3.63) is 89.2 Å². The van der Waals surface area contributed by atoms with Gasteiger partial charge in [0.05, 0.1) is 28.2 Å². The van der Waals surface area contributed by atoms with Crippen LogP contribution in [-0.2, 0) is 17.4 Å². The van der Waals surface area contributed by atoms with E-state index < -0.39 is 17.6 Å². The number of aromatic nitrogens is 2. The Morgan fingerprint density at radius 3 is 2.47 bits per heavy atom. The van der Waals surface area contributed by atoms with Gasteiger partial charge in [-0.15, -0.1) is 0 Å². The average molecular weight is 504 g/mol. The third kappa shape index (κ3) is 4.82. The predicted molar refractivity (Wildman–Crippen MR) is 129 cm³/mol. The molecule has 3 N–H and O–H groups in total. The number of carbonyl (C=O) groups is 1. The summed E-state index contributed by atoms with van der Waals surface area (Å²) in [6, 6.07) is 16.8. The SMILES string of the molecule is NC(=S)N(NC(=O)Cc1cn(-c2ncc(C(F)(F)F)cc2Cl)c2ccccc12)c1ccccc1. The highest BCUT2D eigenvalue weighted by Gasteiger charge is 2.32. The molecule has 0 aliphatic carbocycles. The second-order valence-corrected chi connectivity index (χ2v) is 8.12. The second-order valence-electron chi connectivity index (χ2n) is 7.29. The van der Waals surface area contributed by atoms with Crippen molar-refractivity contribution in [2.75, 3.05) is 5.01 Å². The quantitative estimate of drug-likeness (QED) is 0.302. The Balaban J connectivity index is 1.66. The zero-order valence-electron chi connectivity index (χ0n) is 17.4. The molecular weight excluding hydrogens is 487 g/mol. The lowest BCUT2D eigenvalue weighted by molar-refractivity contribution is -0.137.